The molecule has 2 N–H and O–H groups in total. The summed E-state index contributed by atoms with van der Waals surface area (Å²) >= 11 is 0. The third-order valence-corrected chi connectivity index (χ3v) is 4.35. The Kier molecular flexibility index (Phi) is 5.18. The van der Waals surface area contributed by atoms with Gasteiger partial charge in [0.15, 0.2) is 0 Å². The van der Waals surface area contributed by atoms with Crippen molar-refractivity contribution in [2.75, 3.05) is 11.9 Å². The standard InChI is InChI=1S/C19H15FN6O2/c1-11(13-3-2-12(7-21)6-15(13)20)24-18(27)10-26-9-14-16(25-19(26)28)4-5-23-17(14)8-22/h2-6,11H,9-10H2,1H3,(H,24,27)(H,25,28)/t11-/m0/s1. The van der Waals surface area contributed by atoms with Crippen molar-refractivity contribution < 1.29 is 14.0 Å². The van der Waals surface area contributed by atoms with Crippen LogP contribution in [0.25, 0.3) is 0 Å². The van der Waals surface area contributed by atoms with Gasteiger partial charge in [-0.3, -0.25) is 4.79 Å². The van der Waals surface area contributed by atoms with Gasteiger partial charge in [0.1, 0.15) is 24.1 Å². The van der Waals surface area contributed by atoms with Gasteiger partial charge in [-0.2, -0.15) is 10.5 Å². The minimum Gasteiger partial charge on any atom is -0.348 e. The number of halogens is 1. The number of hydrogen-bond acceptors (Lipinski definition) is 5. The van der Waals surface area contributed by atoms with Crippen LogP contribution in [0.4, 0.5) is 14.9 Å². The van der Waals surface area contributed by atoms with Gasteiger partial charge in [-0.1, -0.05) is 6.07 Å². The average molecular weight is 378 g/mol. The largest absolute Gasteiger partial charge is 0.348 e. The van der Waals surface area contributed by atoms with E-state index >= 15 is 0 Å². The normalized spacial score (nSPS) is 13.6. The Bertz CT molecular complexity index is 1040. The highest BCUT2D eigenvalue weighted by atomic mass is 19.1. The number of nitrogens with zero attached hydrogens (tertiary/aromatic N) is 4. The van der Waals surface area contributed by atoms with Crippen LogP contribution in [0.15, 0.2) is 30.5 Å². The predicted octanol–water partition coefficient (Wildman–Crippen LogP) is 2.19. The lowest BCUT2D eigenvalue weighted by Gasteiger charge is -2.29. The summed E-state index contributed by atoms with van der Waals surface area (Å²) in [7, 11) is 0. The number of pyridine rings is 1. The second-order valence-corrected chi connectivity index (χ2v) is 6.22. The van der Waals surface area contributed by atoms with E-state index in [9.17, 15) is 14.0 Å². The lowest BCUT2D eigenvalue weighted by atomic mass is 10.1. The first-order valence-corrected chi connectivity index (χ1v) is 8.35. The summed E-state index contributed by atoms with van der Waals surface area (Å²) in [6, 6.07) is 8.26. The Labute approximate surface area is 160 Å². The molecule has 28 heavy (non-hydrogen) atoms. The zero-order valence-electron chi connectivity index (χ0n) is 14.9. The molecular weight excluding hydrogens is 363 g/mol. The maximum absolute atomic E-state index is 14.1. The Morgan fingerprint density at radius 2 is 2.18 bits per heavy atom. The molecule has 1 aliphatic heterocycles. The minimum absolute atomic E-state index is 0.0604. The van der Waals surface area contributed by atoms with Crippen LogP contribution in [0.3, 0.4) is 0 Å². The summed E-state index contributed by atoms with van der Waals surface area (Å²) in [6.45, 7) is 1.39. The highest BCUT2D eigenvalue weighted by molar-refractivity contribution is 5.95. The number of aromatic nitrogens is 1. The summed E-state index contributed by atoms with van der Waals surface area (Å²) in [5.41, 5.74) is 1.61. The zero-order valence-corrected chi connectivity index (χ0v) is 14.9. The topological polar surface area (TPSA) is 122 Å². The number of amides is 3. The van der Waals surface area contributed by atoms with Crippen molar-refractivity contribution in [3.05, 3.63) is 58.7 Å². The number of hydrogen-bond donors (Lipinski definition) is 2. The monoisotopic (exact) mass is 378 g/mol. The molecule has 0 spiro atoms. The van der Waals surface area contributed by atoms with Crippen molar-refractivity contribution in [1.82, 2.24) is 15.2 Å². The fourth-order valence-electron chi connectivity index (χ4n) is 2.94. The van der Waals surface area contributed by atoms with Crippen molar-refractivity contribution in [1.29, 1.82) is 10.5 Å². The summed E-state index contributed by atoms with van der Waals surface area (Å²) < 4.78 is 14.1. The summed E-state index contributed by atoms with van der Waals surface area (Å²) in [4.78, 5) is 29.8. The minimum atomic E-state index is -0.656. The Morgan fingerprint density at radius 3 is 2.86 bits per heavy atom. The van der Waals surface area contributed by atoms with Crippen molar-refractivity contribution in [3.63, 3.8) is 0 Å². The predicted molar refractivity (Wildman–Crippen MR) is 96.1 cm³/mol. The molecule has 0 radical (unpaired) electrons. The molecule has 0 saturated carbocycles. The Hall–Kier alpha value is -3.98. The van der Waals surface area contributed by atoms with Gasteiger partial charge in [0, 0.05) is 17.3 Å². The zero-order chi connectivity index (χ0) is 20.3. The first-order chi connectivity index (χ1) is 13.4. The van der Waals surface area contributed by atoms with Gasteiger partial charge in [-0.05, 0) is 25.1 Å². The van der Waals surface area contributed by atoms with Gasteiger partial charge >= 0.3 is 6.03 Å². The van der Waals surface area contributed by atoms with Gasteiger partial charge in [-0.25, -0.2) is 14.2 Å². The van der Waals surface area contributed by atoms with E-state index in [2.05, 4.69) is 15.6 Å². The molecule has 1 aliphatic rings. The van der Waals surface area contributed by atoms with Crippen molar-refractivity contribution in [2.24, 2.45) is 0 Å². The Balaban J connectivity index is 1.69. The van der Waals surface area contributed by atoms with Crippen LogP contribution in [0.5, 0.6) is 0 Å². The number of nitrogens with one attached hydrogen (secondary N) is 2. The maximum Gasteiger partial charge on any atom is 0.322 e. The molecule has 0 aliphatic carbocycles. The Morgan fingerprint density at radius 1 is 1.39 bits per heavy atom. The molecule has 0 unspecified atom stereocenters. The molecule has 3 rings (SSSR count). The van der Waals surface area contributed by atoms with Gasteiger partial charge in [0.05, 0.1) is 29.9 Å². The van der Waals surface area contributed by atoms with Crippen LogP contribution < -0.4 is 10.6 Å². The lowest BCUT2D eigenvalue weighted by Crippen LogP contribution is -2.45. The van der Waals surface area contributed by atoms with Gasteiger partial charge in [0.2, 0.25) is 5.91 Å². The van der Waals surface area contributed by atoms with Crippen LogP contribution in [-0.2, 0) is 11.3 Å². The number of benzene rings is 1. The molecule has 1 atom stereocenters. The van der Waals surface area contributed by atoms with Gasteiger partial charge in [-0.15, -0.1) is 0 Å². The SMILES string of the molecule is C[C@H](NC(=O)CN1Cc2c(ccnc2C#N)NC1=O)c1ccc(C#N)cc1F. The first-order valence-electron chi connectivity index (χ1n) is 8.35. The number of urea groups is 1. The highest BCUT2D eigenvalue weighted by Crippen LogP contribution is 2.25. The molecule has 8 nitrogen and oxygen atoms in total. The maximum atomic E-state index is 14.1. The average Bonchev–Trinajstić information content (AvgIpc) is 2.67. The molecule has 1 aromatic heterocycles. The number of carbonyl (C=O) groups is 2. The number of nitriles is 2. The lowest BCUT2D eigenvalue weighted by molar-refractivity contribution is -0.122. The van der Waals surface area contributed by atoms with E-state index in [1.165, 1.54) is 23.2 Å². The van der Waals surface area contributed by atoms with Crippen molar-refractivity contribution in [2.45, 2.75) is 19.5 Å². The number of fused-ring (bicyclic) bond motifs is 1. The fraction of sp³-hybridized carbons (Fsp3) is 0.211. The van der Waals surface area contributed by atoms with Gasteiger partial charge in [0.25, 0.3) is 0 Å². The molecule has 9 heteroatoms. The second kappa shape index (κ2) is 7.72. The van der Waals surface area contributed by atoms with Crippen LogP contribution in [-0.4, -0.2) is 28.4 Å². The molecule has 0 fully saturated rings. The molecule has 140 valence electrons. The van der Waals surface area contributed by atoms with E-state index in [-0.39, 0.29) is 29.9 Å². The van der Waals surface area contributed by atoms with Crippen LogP contribution in [0.2, 0.25) is 0 Å². The summed E-state index contributed by atoms with van der Waals surface area (Å²) in [5.74, 6) is -1.08. The molecule has 2 heterocycles. The van der Waals surface area contributed by atoms with Crippen LogP contribution in [0.1, 0.15) is 35.3 Å². The van der Waals surface area contributed by atoms with Crippen LogP contribution >= 0.6 is 0 Å². The van der Waals surface area contributed by atoms with E-state index in [0.29, 0.717) is 11.3 Å². The molecule has 3 amide bonds. The quantitative estimate of drug-likeness (QED) is 0.844. The number of carbonyl (C=O) groups excluding carboxylic acids is 2. The summed E-state index contributed by atoms with van der Waals surface area (Å²) in [5, 5.41) is 23.2. The highest BCUT2D eigenvalue weighted by Gasteiger charge is 2.27. The third kappa shape index (κ3) is 3.74. The molecular formula is C19H15FN6O2. The number of anilines is 1. The van der Waals surface area contributed by atoms with Crippen molar-refractivity contribution in [3.8, 4) is 12.1 Å². The van der Waals surface area contributed by atoms with Gasteiger partial charge < -0.3 is 15.5 Å². The smallest absolute Gasteiger partial charge is 0.322 e. The summed E-state index contributed by atoms with van der Waals surface area (Å²) in [6.07, 6.45) is 1.42. The van der Waals surface area contributed by atoms with Crippen LogP contribution in [0, 0.1) is 28.5 Å². The van der Waals surface area contributed by atoms with E-state index in [1.807, 2.05) is 12.1 Å². The third-order valence-electron chi connectivity index (χ3n) is 4.35. The van der Waals surface area contributed by atoms with E-state index in [0.717, 1.165) is 6.07 Å². The molecule has 2 aromatic rings. The van der Waals surface area contributed by atoms with E-state index in [1.54, 1.807) is 13.0 Å². The van der Waals surface area contributed by atoms with Crippen molar-refractivity contribution >= 4 is 17.6 Å². The first kappa shape index (κ1) is 18.8. The number of rotatable bonds is 4. The molecule has 1 aromatic carbocycles. The van der Waals surface area contributed by atoms with E-state index < -0.39 is 23.8 Å². The fourth-order valence-corrected chi connectivity index (χ4v) is 2.94. The molecule has 0 bridgehead atoms. The molecule has 0 saturated heterocycles. The van der Waals surface area contributed by atoms with E-state index in [4.69, 9.17) is 10.5 Å². The second-order valence-electron chi connectivity index (χ2n) is 6.22.